The minimum absolute atomic E-state index is 0.0843. The standard InChI is InChI=1S/C16H17BrN2O/c1-10-12(7-5-9-15(10)18)16(20)19-11(2)13-6-3-4-8-14(13)17/h3-9,11H,18H2,1-2H3,(H,19,20). The van der Waals surface area contributed by atoms with E-state index in [-0.39, 0.29) is 11.9 Å². The smallest absolute Gasteiger partial charge is 0.252 e. The Morgan fingerprint density at radius 3 is 2.60 bits per heavy atom. The highest BCUT2D eigenvalue weighted by atomic mass is 79.9. The maximum Gasteiger partial charge on any atom is 0.252 e. The molecule has 2 rings (SSSR count). The van der Waals surface area contributed by atoms with Gasteiger partial charge in [0.2, 0.25) is 0 Å². The summed E-state index contributed by atoms with van der Waals surface area (Å²) >= 11 is 3.50. The molecule has 4 heteroatoms. The van der Waals surface area contributed by atoms with Crippen molar-refractivity contribution in [3.63, 3.8) is 0 Å². The molecular formula is C16H17BrN2O. The van der Waals surface area contributed by atoms with Crippen LogP contribution in [-0.2, 0) is 0 Å². The predicted molar refractivity (Wildman–Crippen MR) is 85.6 cm³/mol. The summed E-state index contributed by atoms with van der Waals surface area (Å²) in [4.78, 5) is 12.3. The van der Waals surface area contributed by atoms with Crippen LogP contribution in [0, 0.1) is 6.92 Å². The molecule has 3 N–H and O–H groups in total. The minimum Gasteiger partial charge on any atom is -0.398 e. The number of nitrogens with two attached hydrogens (primary N) is 1. The second-order valence-electron chi connectivity index (χ2n) is 4.74. The largest absolute Gasteiger partial charge is 0.398 e. The Morgan fingerprint density at radius 2 is 1.90 bits per heavy atom. The van der Waals surface area contributed by atoms with Gasteiger partial charge in [0, 0.05) is 15.7 Å². The molecule has 2 aromatic carbocycles. The van der Waals surface area contributed by atoms with Gasteiger partial charge in [0.25, 0.3) is 5.91 Å². The zero-order valence-electron chi connectivity index (χ0n) is 11.5. The number of carbonyl (C=O) groups is 1. The van der Waals surface area contributed by atoms with Gasteiger partial charge in [-0.05, 0) is 43.2 Å². The van der Waals surface area contributed by atoms with Crippen LogP contribution in [0.25, 0.3) is 0 Å². The lowest BCUT2D eigenvalue weighted by atomic mass is 10.0. The lowest BCUT2D eigenvalue weighted by molar-refractivity contribution is 0.0939. The molecule has 0 saturated heterocycles. The van der Waals surface area contributed by atoms with E-state index in [4.69, 9.17) is 5.73 Å². The molecule has 1 atom stereocenters. The van der Waals surface area contributed by atoms with Crippen molar-refractivity contribution in [2.45, 2.75) is 19.9 Å². The Labute approximate surface area is 127 Å². The quantitative estimate of drug-likeness (QED) is 0.839. The van der Waals surface area contributed by atoms with Crippen LogP contribution in [0.4, 0.5) is 5.69 Å². The molecule has 0 spiro atoms. The number of rotatable bonds is 3. The Balaban J connectivity index is 2.20. The summed E-state index contributed by atoms with van der Waals surface area (Å²) in [6, 6.07) is 13.1. The molecule has 0 aliphatic rings. The van der Waals surface area contributed by atoms with E-state index in [0.717, 1.165) is 15.6 Å². The van der Waals surface area contributed by atoms with Gasteiger partial charge >= 0.3 is 0 Å². The van der Waals surface area contributed by atoms with Crippen molar-refractivity contribution in [2.75, 3.05) is 5.73 Å². The summed E-state index contributed by atoms with van der Waals surface area (Å²) in [6.45, 7) is 3.81. The molecule has 0 radical (unpaired) electrons. The van der Waals surface area contributed by atoms with Gasteiger partial charge < -0.3 is 11.1 Å². The third-order valence-corrected chi connectivity index (χ3v) is 4.06. The van der Waals surface area contributed by atoms with E-state index in [0.29, 0.717) is 11.3 Å². The highest BCUT2D eigenvalue weighted by Crippen LogP contribution is 2.23. The van der Waals surface area contributed by atoms with Gasteiger partial charge in [-0.1, -0.05) is 40.2 Å². The highest BCUT2D eigenvalue weighted by Gasteiger charge is 2.15. The molecule has 104 valence electrons. The first-order valence-electron chi connectivity index (χ1n) is 6.41. The van der Waals surface area contributed by atoms with E-state index in [9.17, 15) is 4.79 Å². The number of hydrogen-bond donors (Lipinski definition) is 2. The fourth-order valence-electron chi connectivity index (χ4n) is 2.08. The molecule has 0 aliphatic carbocycles. The fourth-order valence-corrected chi connectivity index (χ4v) is 2.71. The molecular weight excluding hydrogens is 316 g/mol. The van der Waals surface area contributed by atoms with Crippen LogP contribution in [0.3, 0.4) is 0 Å². The van der Waals surface area contributed by atoms with Crippen molar-refractivity contribution in [3.8, 4) is 0 Å². The van der Waals surface area contributed by atoms with Crippen molar-refractivity contribution in [2.24, 2.45) is 0 Å². The first kappa shape index (κ1) is 14.6. The van der Waals surface area contributed by atoms with Gasteiger partial charge in [0.1, 0.15) is 0 Å². The average Bonchev–Trinajstić information content (AvgIpc) is 2.42. The number of nitrogen functional groups attached to an aromatic ring is 1. The SMILES string of the molecule is Cc1c(N)cccc1C(=O)NC(C)c1ccccc1Br. The second-order valence-corrected chi connectivity index (χ2v) is 5.59. The Morgan fingerprint density at radius 1 is 1.20 bits per heavy atom. The first-order chi connectivity index (χ1) is 9.50. The van der Waals surface area contributed by atoms with E-state index < -0.39 is 0 Å². The summed E-state index contributed by atoms with van der Waals surface area (Å²) in [5.74, 6) is -0.113. The Hall–Kier alpha value is -1.81. The third kappa shape index (κ3) is 3.02. The third-order valence-electron chi connectivity index (χ3n) is 3.34. The van der Waals surface area contributed by atoms with E-state index >= 15 is 0 Å². The van der Waals surface area contributed by atoms with Crippen molar-refractivity contribution in [1.29, 1.82) is 0 Å². The molecule has 0 fully saturated rings. The van der Waals surface area contributed by atoms with Crippen LogP contribution in [0.5, 0.6) is 0 Å². The van der Waals surface area contributed by atoms with Crippen molar-refractivity contribution in [3.05, 3.63) is 63.6 Å². The summed E-state index contributed by atoms with van der Waals surface area (Å²) in [5, 5.41) is 3.00. The topological polar surface area (TPSA) is 55.1 Å². The van der Waals surface area contributed by atoms with E-state index in [1.165, 1.54) is 0 Å². The monoisotopic (exact) mass is 332 g/mol. The van der Waals surface area contributed by atoms with Crippen LogP contribution in [0.15, 0.2) is 46.9 Å². The number of anilines is 1. The second kappa shape index (κ2) is 6.09. The van der Waals surface area contributed by atoms with E-state index in [2.05, 4.69) is 21.2 Å². The molecule has 2 aromatic rings. The minimum atomic E-state index is -0.113. The maximum absolute atomic E-state index is 12.3. The molecule has 0 aliphatic heterocycles. The first-order valence-corrected chi connectivity index (χ1v) is 7.20. The average molecular weight is 333 g/mol. The molecule has 1 amide bonds. The van der Waals surface area contributed by atoms with Gasteiger partial charge in [-0.25, -0.2) is 0 Å². The van der Waals surface area contributed by atoms with Gasteiger partial charge in [0.05, 0.1) is 6.04 Å². The molecule has 0 heterocycles. The number of nitrogens with one attached hydrogen (secondary N) is 1. The summed E-state index contributed by atoms with van der Waals surface area (Å²) in [5.41, 5.74) is 8.94. The molecule has 1 unspecified atom stereocenters. The summed E-state index contributed by atoms with van der Waals surface area (Å²) < 4.78 is 0.983. The van der Waals surface area contributed by atoms with Crippen LogP contribution in [-0.4, -0.2) is 5.91 Å². The van der Waals surface area contributed by atoms with Gasteiger partial charge in [-0.2, -0.15) is 0 Å². The number of amides is 1. The zero-order chi connectivity index (χ0) is 14.7. The van der Waals surface area contributed by atoms with Gasteiger partial charge in [-0.15, -0.1) is 0 Å². The van der Waals surface area contributed by atoms with E-state index in [1.54, 1.807) is 18.2 Å². The van der Waals surface area contributed by atoms with Crippen LogP contribution in [0.1, 0.15) is 34.5 Å². The molecule has 3 nitrogen and oxygen atoms in total. The summed E-state index contributed by atoms with van der Waals surface area (Å²) in [7, 11) is 0. The van der Waals surface area contributed by atoms with Crippen molar-refractivity contribution < 1.29 is 4.79 Å². The maximum atomic E-state index is 12.3. The lowest BCUT2D eigenvalue weighted by Crippen LogP contribution is -2.27. The van der Waals surface area contributed by atoms with Gasteiger partial charge in [-0.3, -0.25) is 4.79 Å². The zero-order valence-corrected chi connectivity index (χ0v) is 13.1. The lowest BCUT2D eigenvalue weighted by Gasteiger charge is -2.17. The molecule has 0 aromatic heterocycles. The Kier molecular flexibility index (Phi) is 4.45. The number of halogens is 1. The molecule has 0 bridgehead atoms. The molecule has 20 heavy (non-hydrogen) atoms. The van der Waals surface area contributed by atoms with Crippen molar-refractivity contribution in [1.82, 2.24) is 5.32 Å². The van der Waals surface area contributed by atoms with Crippen molar-refractivity contribution >= 4 is 27.5 Å². The summed E-state index contributed by atoms with van der Waals surface area (Å²) in [6.07, 6.45) is 0. The normalized spacial score (nSPS) is 11.9. The number of hydrogen-bond acceptors (Lipinski definition) is 2. The van der Waals surface area contributed by atoms with Crippen LogP contribution >= 0.6 is 15.9 Å². The Bertz CT molecular complexity index is 640. The molecule has 0 saturated carbocycles. The van der Waals surface area contributed by atoms with Crippen LogP contribution < -0.4 is 11.1 Å². The fraction of sp³-hybridized carbons (Fsp3) is 0.188. The number of benzene rings is 2. The highest BCUT2D eigenvalue weighted by molar-refractivity contribution is 9.10. The van der Waals surface area contributed by atoms with Crippen LogP contribution in [0.2, 0.25) is 0 Å². The van der Waals surface area contributed by atoms with E-state index in [1.807, 2.05) is 38.1 Å². The predicted octanol–water partition coefficient (Wildman–Crippen LogP) is 3.83. The van der Waals surface area contributed by atoms with Gasteiger partial charge in [0.15, 0.2) is 0 Å². The number of carbonyl (C=O) groups excluding carboxylic acids is 1.